The van der Waals surface area contributed by atoms with Gasteiger partial charge in [0.05, 0.1) is 11.9 Å². The van der Waals surface area contributed by atoms with Crippen LogP contribution in [0.4, 0.5) is 5.69 Å². The Kier molecular flexibility index (Phi) is 11.7. The second-order valence-corrected chi connectivity index (χ2v) is 13.5. The molecule has 1 aliphatic carbocycles. The van der Waals surface area contributed by atoms with Crippen LogP contribution in [0.5, 0.6) is 0 Å². The van der Waals surface area contributed by atoms with Crippen molar-refractivity contribution in [2.75, 3.05) is 17.1 Å². The summed E-state index contributed by atoms with van der Waals surface area (Å²) in [5.74, 6) is -0.396. The Labute approximate surface area is 249 Å². The molecule has 40 heavy (non-hydrogen) atoms. The van der Waals surface area contributed by atoms with Crippen molar-refractivity contribution in [3.05, 3.63) is 63.1 Å². The monoisotopic (exact) mass is 609 g/mol. The van der Waals surface area contributed by atoms with Gasteiger partial charge in [-0.15, -0.1) is 0 Å². The lowest BCUT2D eigenvalue weighted by molar-refractivity contribution is -0.141. The molecule has 0 spiro atoms. The van der Waals surface area contributed by atoms with Crippen LogP contribution >= 0.6 is 23.2 Å². The SMILES string of the molecule is CC[C@H](C(=O)NC1CCCCC1)N(Cc1ccc(Cl)cc1Cl)C(=O)CCCN(c1cc(C)ccc1C)S(C)(=O)=O. The van der Waals surface area contributed by atoms with E-state index in [1.165, 1.54) is 17.0 Å². The van der Waals surface area contributed by atoms with E-state index in [2.05, 4.69) is 5.32 Å². The molecule has 220 valence electrons. The highest BCUT2D eigenvalue weighted by Crippen LogP contribution is 2.27. The fourth-order valence-corrected chi connectivity index (χ4v) is 6.75. The Morgan fingerprint density at radius 3 is 2.38 bits per heavy atom. The predicted molar refractivity (Wildman–Crippen MR) is 163 cm³/mol. The standard InChI is InChI=1S/C30H41Cl2N3O4S/c1-5-27(30(37)33-25-10-7-6-8-11-25)34(20-23-15-16-24(31)19-26(23)32)29(36)12-9-17-35(40(4,38)39)28-18-21(2)13-14-22(28)3/h13-16,18-19,25,27H,5-12,17,20H2,1-4H3,(H,33,37)/t27-/m1/s1. The molecule has 0 unspecified atom stereocenters. The number of hydrogen-bond acceptors (Lipinski definition) is 4. The molecule has 1 N–H and O–H groups in total. The molecule has 0 radical (unpaired) electrons. The number of rotatable bonds is 12. The van der Waals surface area contributed by atoms with E-state index >= 15 is 0 Å². The van der Waals surface area contributed by atoms with E-state index < -0.39 is 16.1 Å². The van der Waals surface area contributed by atoms with Crippen LogP contribution in [-0.2, 0) is 26.2 Å². The lowest BCUT2D eigenvalue weighted by atomic mass is 9.95. The smallest absolute Gasteiger partial charge is 0.243 e. The van der Waals surface area contributed by atoms with E-state index in [4.69, 9.17) is 23.2 Å². The number of benzene rings is 2. The minimum atomic E-state index is -3.57. The van der Waals surface area contributed by atoms with Crippen LogP contribution in [0, 0.1) is 13.8 Å². The number of aryl methyl sites for hydroxylation is 2. The fraction of sp³-hybridized carbons (Fsp3) is 0.533. The molecule has 1 saturated carbocycles. The first-order valence-corrected chi connectivity index (χ1v) is 16.6. The van der Waals surface area contributed by atoms with E-state index in [1.807, 2.05) is 39.0 Å². The predicted octanol–water partition coefficient (Wildman–Crippen LogP) is 6.41. The van der Waals surface area contributed by atoms with Crippen LogP contribution in [0.15, 0.2) is 36.4 Å². The molecule has 10 heteroatoms. The molecular formula is C30H41Cl2N3O4S. The third-order valence-electron chi connectivity index (χ3n) is 7.48. The molecule has 3 rings (SSSR count). The molecule has 1 atom stereocenters. The molecule has 2 amide bonds. The summed E-state index contributed by atoms with van der Waals surface area (Å²) in [5, 5.41) is 4.08. The van der Waals surface area contributed by atoms with Gasteiger partial charge in [-0.2, -0.15) is 0 Å². The number of anilines is 1. The van der Waals surface area contributed by atoms with Crippen LogP contribution in [0.25, 0.3) is 0 Å². The highest BCUT2D eigenvalue weighted by atomic mass is 35.5. The van der Waals surface area contributed by atoms with Gasteiger partial charge in [-0.05, 0) is 74.4 Å². The molecular weight excluding hydrogens is 569 g/mol. The highest BCUT2D eigenvalue weighted by molar-refractivity contribution is 7.92. The number of carbonyl (C=O) groups is 2. The summed E-state index contributed by atoms with van der Waals surface area (Å²) in [7, 11) is -3.57. The third kappa shape index (κ3) is 8.85. The quantitative estimate of drug-likeness (QED) is 0.301. The van der Waals surface area contributed by atoms with E-state index in [9.17, 15) is 18.0 Å². The van der Waals surface area contributed by atoms with E-state index in [0.717, 1.165) is 36.8 Å². The molecule has 0 aliphatic heterocycles. The van der Waals surface area contributed by atoms with Gasteiger partial charge in [0, 0.05) is 35.6 Å². The molecule has 0 saturated heterocycles. The van der Waals surface area contributed by atoms with Gasteiger partial charge in [0.25, 0.3) is 0 Å². The van der Waals surface area contributed by atoms with Crippen LogP contribution in [0.2, 0.25) is 10.0 Å². The van der Waals surface area contributed by atoms with Crippen molar-refractivity contribution in [3.63, 3.8) is 0 Å². The average Bonchev–Trinajstić information content (AvgIpc) is 2.89. The van der Waals surface area contributed by atoms with E-state index in [1.54, 1.807) is 23.1 Å². The van der Waals surface area contributed by atoms with Gasteiger partial charge < -0.3 is 10.2 Å². The Bertz CT molecular complexity index is 1300. The summed E-state index contributed by atoms with van der Waals surface area (Å²) in [4.78, 5) is 28.7. The largest absolute Gasteiger partial charge is 0.352 e. The van der Waals surface area contributed by atoms with Gasteiger partial charge >= 0.3 is 0 Å². The maximum atomic E-state index is 13.7. The highest BCUT2D eigenvalue weighted by Gasteiger charge is 2.31. The maximum absolute atomic E-state index is 13.7. The number of nitrogens with one attached hydrogen (secondary N) is 1. The van der Waals surface area contributed by atoms with Gasteiger partial charge in [0.15, 0.2) is 0 Å². The van der Waals surface area contributed by atoms with E-state index in [0.29, 0.717) is 34.1 Å². The van der Waals surface area contributed by atoms with Crippen LogP contribution in [0.1, 0.15) is 75.0 Å². The van der Waals surface area contributed by atoms with Gasteiger partial charge in [-0.3, -0.25) is 13.9 Å². The van der Waals surface area contributed by atoms with Crippen molar-refractivity contribution in [1.29, 1.82) is 0 Å². The lowest BCUT2D eigenvalue weighted by Crippen LogP contribution is -2.51. The number of sulfonamides is 1. The summed E-state index contributed by atoms with van der Waals surface area (Å²) in [6.45, 7) is 5.97. The number of hydrogen-bond donors (Lipinski definition) is 1. The molecule has 1 aliphatic rings. The fourth-order valence-electron chi connectivity index (χ4n) is 5.27. The summed E-state index contributed by atoms with van der Waals surface area (Å²) in [6, 6.07) is 10.2. The Morgan fingerprint density at radius 2 is 1.75 bits per heavy atom. The zero-order chi connectivity index (χ0) is 29.4. The second-order valence-electron chi connectivity index (χ2n) is 10.8. The molecule has 7 nitrogen and oxygen atoms in total. The first-order chi connectivity index (χ1) is 18.9. The van der Waals surface area contributed by atoms with Gasteiger partial charge in [-0.25, -0.2) is 8.42 Å². The summed E-state index contributed by atoms with van der Waals surface area (Å²) in [6.07, 6.45) is 7.22. The molecule has 0 bridgehead atoms. The number of nitrogens with zero attached hydrogens (tertiary/aromatic N) is 2. The normalized spacial score (nSPS) is 14.9. The third-order valence-corrected chi connectivity index (χ3v) is 9.25. The maximum Gasteiger partial charge on any atom is 0.243 e. The Hall–Kier alpha value is -2.29. The lowest BCUT2D eigenvalue weighted by Gasteiger charge is -2.33. The Morgan fingerprint density at radius 1 is 1.05 bits per heavy atom. The minimum Gasteiger partial charge on any atom is -0.352 e. The van der Waals surface area contributed by atoms with Crippen molar-refractivity contribution in [2.45, 2.75) is 90.8 Å². The zero-order valence-corrected chi connectivity index (χ0v) is 26.2. The molecule has 2 aromatic rings. The van der Waals surface area contributed by atoms with Crippen LogP contribution in [0.3, 0.4) is 0 Å². The van der Waals surface area contributed by atoms with Crippen molar-refractivity contribution in [3.8, 4) is 0 Å². The Balaban J connectivity index is 1.81. The van der Waals surface area contributed by atoms with Crippen molar-refractivity contribution in [1.82, 2.24) is 10.2 Å². The molecule has 1 fully saturated rings. The number of amides is 2. The topological polar surface area (TPSA) is 86.8 Å². The zero-order valence-electron chi connectivity index (χ0n) is 23.9. The van der Waals surface area contributed by atoms with Crippen molar-refractivity contribution < 1.29 is 18.0 Å². The minimum absolute atomic E-state index is 0.0787. The number of halogens is 2. The summed E-state index contributed by atoms with van der Waals surface area (Å²) < 4.78 is 26.7. The molecule has 2 aromatic carbocycles. The van der Waals surface area contributed by atoms with Crippen molar-refractivity contribution >= 4 is 50.7 Å². The number of carbonyl (C=O) groups excluding carboxylic acids is 2. The van der Waals surface area contributed by atoms with Crippen LogP contribution < -0.4 is 9.62 Å². The summed E-state index contributed by atoms with van der Waals surface area (Å²) in [5.41, 5.74) is 3.09. The van der Waals surface area contributed by atoms with Gasteiger partial charge in [0.1, 0.15) is 6.04 Å². The molecule has 0 heterocycles. The first-order valence-electron chi connectivity index (χ1n) is 14.0. The van der Waals surface area contributed by atoms with Gasteiger partial charge in [0.2, 0.25) is 21.8 Å². The van der Waals surface area contributed by atoms with Gasteiger partial charge in [-0.1, -0.05) is 67.6 Å². The van der Waals surface area contributed by atoms with E-state index in [-0.39, 0.29) is 37.4 Å². The van der Waals surface area contributed by atoms with Crippen LogP contribution in [-0.4, -0.2) is 50.0 Å². The first kappa shape index (κ1) is 32.2. The summed E-state index contributed by atoms with van der Waals surface area (Å²) >= 11 is 12.5. The second kappa shape index (κ2) is 14.6. The van der Waals surface area contributed by atoms with Crippen molar-refractivity contribution in [2.24, 2.45) is 0 Å². The molecule has 0 aromatic heterocycles. The average molecular weight is 611 g/mol.